The number of hydrogen-bond acceptors (Lipinski definition) is 3. The van der Waals surface area contributed by atoms with Crippen molar-refractivity contribution in [3.63, 3.8) is 0 Å². The minimum Gasteiger partial charge on any atom is -0.326 e. The van der Waals surface area contributed by atoms with E-state index in [1.165, 1.54) is 0 Å². The van der Waals surface area contributed by atoms with Gasteiger partial charge in [-0.3, -0.25) is 14.6 Å². The second-order valence-corrected chi connectivity index (χ2v) is 5.49. The molecule has 0 unspecified atom stereocenters. The molecule has 1 aromatic heterocycles. The summed E-state index contributed by atoms with van der Waals surface area (Å²) in [6.45, 7) is 1.94. The summed E-state index contributed by atoms with van der Waals surface area (Å²) in [6.07, 6.45) is 4.72. The zero-order valence-corrected chi connectivity index (χ0v) is 13.6. The lowest BCUT2D eigenvalue weighted by molar-refractivity contribution is -0.116. The number of pyridine rings is 1. The Bertz CT molecular complexity index is 689. The van der Waals surface area contributed by atoms with Gasteiger partial charge >= 0.3 is 0 Å². The molecule has 2 amide bonds. The summed E-state index contributed by atoms with van der Waals surface area (Å²) < 4.78 is 0. The van der Waals surface area contributed by atoms with Crippen LogP contribution in [0.1, 0.15) is 25.3 Å². The van der Waals surface area contributed by atoms with Crippen LogP contribution < -0.4 is 10.6 Å². The molecule has 1 aromatic carbocycles. The van der Waals surface area contributed by atoms with Crippen molar-refractivity contribution in [1.29, 1.82) is 0 Å². The van der Waals surface area contributed by atoms with Crippen LogP contribution in [0.15, 0.2) is 42.7 Å². The molecule has 0 aliphatic heterocycles. The first-order valence-corrected chi connectivity index (χ1v) is 7.74. The molecule has 120 valence electrons. The molecule has 0 saturated heterocycles. The van der Waals surface area contributed by atoms with Crippen LogP contribution >= 0.6 is 11.6 Å². The van der Waals surface area contributed by atoms with Crippen LogP contribution in [0.25, 0.3) is 0 Å². The summed E-state index contributed by atoms with van der Waals surface area (Å²) in [5, 5.41) is 5.94. The number of hydrogen-bond donors (Lipinski definition) is 2. The number of carbonyl (C=O) groups is 2. The minimum absolute atomic E-state index is 0.0672. The summed E-state index contributed by atoms with van der Waals surface area (Å²) in [4.78, 5) is 27.7. The summed E-state index contributed by atoms with van der Waals surface area (Å²) >= 11 is 6.10. The topological polar surface area (TPSA) is 71.1 Å². The van der Waals surface area contributed by atoms with Gasteiger partial charge in [0.05, 0.1) is 17.1 Å². The molecule has 6 heteroatoms. The molecule has 0 spiro atoms. The molecule has 0 radical (unpaired) electrons. The van der Waals surface area contributed by atoms with E-state index in [1.807, 2.05) is 13.0 Å². The molecule has 1 heterocycles. The van der Waals surface area contributed by atoms with Crippen LogP contribution in [0.3, 0.4) is 0 Å². The van der Waals surface area contributed by atoms with Crippen molar-refractivity contribution in [1.82, 2.24) is 4.98 Å². The van der Waals surface area contributed by atoms with Crippen LogP contribution in [0.4, 0.5) is 11.4 Å². The van der Waals surface area contributed by atoms with Gasteiger partial charge in [-0.2, -0.15) is 0 Å². The van der Waals surface area contributed by atoms with E-state index < -0.39 is 0 Å². The van der Waals surface area contributed by atoms with Gasteiger partial charge in [-0.1, -0.05) is 24.6 Å². The second-order valence-electron chi connectivity index (χ2n) is 5.08. The highest BCUT2D eigenvalue weighted by Crippen LogP contribution is 2.26. The Morgan fingerprint density at radius 1 is 1.17 bits per heavy atom. The molecule has 2 rings (SSSR count). The maximum absolute atomic E-state index is 12.1. The van der Waals surface area contributed by atoms with Gasteiger partial charge in [0.25, 0.3) is 0 Å². The second kappa shape index (κ2) is 8.29. The third-order valence-corrected chi connectivity index (χ3v) is 3.42. The molecule has 0 saturated carbocycles. The quantitative estimate of drug-likeness (QED) is 0.848. The van der Waals surface area contributed by atoms with Crippen molar-refractivity contribution in [2.24, 2.45) is 0 Å². The van der Waals surface area contributed by atoms with E-state index in [0.717, 1.165) is 12.0 Å². The lowest BCUT2D eigenvalue weighted by Crippen LogP contribution is -2.15. The fraction of sp³-hybridized carbons (Fsp3) is 0.235. The molecule has 5 nitrogen and oxygen atoms in total. The highest BCUT2D eigenvalue weighted by molar-refractivity contribution is 6.33. The van der Waals surface area contributed by atoms with Gasteiger partial charge in [-0.15, -0.1) is 0 Å². The van der Waals surface area contributed by atoms with Crippen molar-refractivity contribution in [2.75, 3.05) is 10.6 Å². The van der Waals surface area contributed by atoms with Crippen LogP contribution in [0.2, 0.25) is 5.02 Å². The first kappa shape index (κ1) is 17.0. The van der Waals surface area contributed by atoms with Gasteiger partial charge in [0, 0.05) is 24.5 Å². The highest BCUT2D eigenvalue weighted by atomic mass is 35.5. The summed E-state index contributed by atoms with van der Waals surface area (Å²) in [5.41, 5.74) is 1.88. The third kappa shape index (κ3) is 5.38. The maximum Gasteiger partial charge on any atom is 0.228 e. The first-order chi connectivity index (χ1) is 11.1. The molecule has 2 N–H and O–H groups in total. The Morgan fingerprint density at radius 3 is 2.70 bits per heavy atom. The number of halogens is 1. The standard InChI is InChI=1S/C17H18ClN3O2/c1-2-4-16(22)20-13-6-7-14(18)15(10-13)21-17(23)9-12-5-3-8-19-11-12/h3,5-8,10-11H,2,4,9H2,1H3,(H,20,22)(H,21,23). The lowest BCUT2D eigenvalue weighted by atomic mass is 10.2. The fourth-order valence-electron chi connectivity index (χ4n) is 2.03. The van der Waals surface area contributed by atoms with Crippen molar-refractivity contribution < 1.29 is 9.59 Å². The third-order valence-electron chi connectivity index (χ3n) is 3.09. The smallest absolute Gasteiger partial charge is 0.228 e. The highest BCUT2D eigenvalue weighted by Gasteiger charge is 2.09. The molecule has 23 heavy (non-hydrogen) atoms. The Kier molecular flexibility index (Phi) is 6.11. The fourth-order valence-corrected chi connectivity index (χ4v) is 2.20. The van der Waals surface area contributed by atoms with Gasteiger partial charge in [-0.25, -0.2) is 0 Å². The predicted octanol–water partition coefficient (Wildman–Crippen LogP) is 3.65. The van der Waals surface area contributed by atoms with E-state index in [9.17, 15) is 9.59 Å². The number of nitrogens with one attached hydrogen (secondary N) is 2. The van der Waals surface area contributed by atoms with E-state index in [-0.39, 0.29) is 18.2 Å². The van der Waals surface area contributed by atoms with Crippen LogP contribution in [-0.2, 0) is 16.0 Å². The van der Waals surface area contributed by atoms with Crippen molar-refractivity contribution in [3.8, 4) is 0 Å². The van der Waals surface area contributed by atoms with E-state index >= 15 is 0 Å². The lowest BCUT2D eigenvalue weighted by Gasteiger charge is -2.10. The molecule has 0 fully saturated rings. The minimum atomic E-state index is -0.197. The zero-order chi connectivity index (χ0) is 16.7. The maximum atomic E-state index is 12.1. The van der Waals surface area contributed by atoms with Crippen molar-refractivity contribution in [2.45, 2.75) is 26.2 Å². The van der Waals surface area contributed by atoms with Gasteiger partial charge < -0.3 is 10.6 Å². The SMILES string of the molecule is CCCC(=O)Nc1ccc(Cl)c(NC(=O)Cc2cccnc2)c1. The van der Waals surface area contributed by atoms with Gasteiger partial charge in [0.15, 0.2) is 0 Å². The van der Waals surface area contributed by atoms with E-state index in [1.54, 1.807) is 36.7 Å². The van der Waals surface area contributed by atoms with Gasteiger partial charge in [0.1, 0.15) is 0 Å². The average molecular weight is 332 g/mol. The summed E-state index contributed by atoms with van der Waals surface area (Å²) in [7, 11) is 0. The van der Waals surface area contributed by atoms with Crippen LogP contribution in [0, 0.1) is 0 Å². The van der Waals surface area contributed by atoms with E-state index in [2.05, 4.69) is 15.6 Å². The average Bonchev–Trinajstić information content (AvgIpc) is 2.52. The Balaban J connectivity index is 2.03. The van der Waals surface area contributed by atoms with Crippen molar-refractivity contribution >= 4 is 34.8 Å². The predicted molar refractivity (Wildman–Crippen MR) is 91.6 cm³/mol. The first-order valence-electron chi connectivity index (χ1n) is 7.36. The number of anilines is 2. The summed E-state index contributed by atoms with van der Waals surface area (Å²) in [5.74, 6) is -0.264. The Morgan fingerprint density at radius 2 is 2.00 bits per heavy atom. The molecule has 0 aliphatic carbocycles. The Hall–Kier alpha value is -2.40. The van der Waals surface area contributed by atoms with Crippen LogP contribution in [-0.4, -0.2) is 16.8 Å². The van der Waals surface area contributed by atoms with Crippen LogP contribution in [0.5, 0.6) is 0 Å². The van der Waals surface area contributed by atoms with Gasteiger partial charge in [-0.05, 0) is 36.2 Å². The molecule has 0 bridgehead atoms. The normalized spacial score (nSPS) is 10.2. The van der Waals surface area contributed by atoms with Crippen molar-refractivity contribution in [3.05, 3.63) is 53.3 Å². The van der Waals surface area contributed by atoms with E-state index in [4.69, 9.17) is 11.6 Å². The number of aromatic nitrogens is 1. The molecule has 2 aromatic rings. The number of nitrogens with zero attached hydrogens (tertiary/aromatic N) is 1. The Labute approximate surface area is 140 Å². The number of amides is 2. The molecular formula is C17H18ClN3O2. The largest absolute Gasteiger partial charge is 0.326 e. The summed E-state index contributed by atoms with van der Waals surface area (Å²) in [6, 6.07) is 8.60. The molecule has 0 aliphatic rings. The number of rotatable bonds is 6. The monoisotopic (exact) mass is 331 g/mol. The number of carbonyl (C=O) groups excluding carboxylic acids is 2. The van der Waals surface area contributed by atoms with Gasteiger partial charge in [0.2, 0.25) is 11.8 Å². The zero-order valence-electron chi connectivity index (χ0n) is 12.8. The molecule has 0 atom stereocenters. The molecular weight excluding hydrogens is 314 g/mol. The number of benzene rings is 1. The van der Waals surface area contributed by atoms with E-state index in [0.29, 0.717) is 22.8 Å².